The maximum Gasteiger partial charge on any atom is 0.180 e. The molecule has 0 atom stereocenters. The monoisotopic (exact) mass is 283 g/mol. The largest absolute Gasteiger partial charge is 0.379 e. The van der Waals surface area contributed by atoms with Crippen LogP contribution in [0, 0.1) is 11.3 Å². The number of benzene rings is 1. The van der Waals surface area contributed by atoms with E-state index in [1.54, 1.807) is 0 Å². The van der Waals surface area contributed by atoms with Crippen LogP contribution in [0.3, 0.4) is 0 Å². The molecule has 104 valence electrons. The zero-order valence-electron chi connectivity index (χ0n) is 10.8. The SMILES string of the molecule is CCOCCOCCS(=O)(=O)c1ccc(C#N)cc1. The molecule has 0 aliphatic carbocycles. The Bertz CT molecular complexity index is 517. The van der Waals surface area contributed by atoms with E-state index < -0.39 is 9.84 Å². The standard InChI is InChI=1S/C13H17NO4S/c1-2-17-7-8-18-9-10-19(15,16)13-5-3-12(11-14)4-6-13/h3-6H,2,7-10H2,1H3. The number of nitriles is 1. The van der Waals surface area contributed by atoms with Crippen LogP contribution in [-0.2, 0) is 19.3 Å². The molecule has 6 heteroatoms. The van der Waals surface area contributed by atoms with E-state index in [0.717, 1.165) is 0 Å². The second-order valence-corrected chi connectivity index (χ2v) is 5.87. The van der Waals surface area contributed by atoms with Crippen LogP contribution >= 0.6 is 0 Å². The summed E-state index contributed by atoms with van der Waals surface area (Å²) in [5.74, 6) is -0.0783. The molecule has 0 amide bonds. The van der Waals surface area contributed by atoms with Crippen LogP contribution < -0.4 is 0 Å². The summed E-state index contributed by atoms with van der Waals surface area (Å²) in [5, 5.41) is 8.64. The molecule has 0 aromatic heterocycles. The highest BCUT2D eigenvalue weighted by molar-refractivity contribution is 7.91. The fourth-order valence-corrected chi connectivity index (χ4v) is 2.51. The minimum atomic E-state index is -3.35. The van der Waals surface area contributed by atoms with Gasteiger partial charge >= 0.3 is 0 Å². The molecule has 0 bridgehead atoms. The lowest BCUT2D eigenvalue weighted by atomic mass is 10.2. The maximum atomic E-state index is 11.9. The van der Waals surface area contributed by atoms with E-state index in [1.165, 1.54) is 24.3 Å². The van der Waals surface area contributed by atoms with Crippen molar-refractivity contribution in [3.63, 3.8) is 0 Å². The van der Waals surface area contributed by atoms with E-state index in [0.29, 0.717) is 25.4 Å². The molecule has 0 saturated carbocycles. The molecular formula is C13H17NO4S. The van der Waals surface area contributed by atoms with Gasteiger partial charge in [-0.15, -0.1) is 0 Å². The predicted octanol–water partition coefficient (Wildman–Crippen LogP) is 1.39. The van der Waals surface area contributed by atoms with Crippen molar-refractivity contribution in [2.24, 2.45) is 0 Å². The molecule has 0 N–H and O–H groups in total. The first-order valence-corrected chi connectivity index (χ1v) is 7.64. The lowest BCUT2D eigenvalue weighted by molar-refractivity contribution is 0.0590. The number of hydrogen-bond acceptors (Lipinski definition) is 5. The summed E-state index contributed by atoms with van der Waals surface area (Å²) in [7, 11) is -3.35. The van der Waals surface area contributed by atoms with Crippen molar-refractivity contribution < 1.29 is 17.9 Å². The minimum Gasteiger partial charge on any atom is -0.379 e. The predicted molar refractivity (Wildman–Crippen MR) is 70.5 cm³/mol. The van der Waals surface area contributed by atoms with Crippen LogP contribution in [-0.4, -0.2) is 40.6 Å². The van der Waals surface area contributed by atoms with Gasteiger partial charge in [-0.2, -0.15) is 5.26 Å². The second kappa shape index (κ2) is 7.89. The zero-order valence-corrected chi connectivity index (χ0v) is 11.6. The van der Waals surface area contributed by atoms with E-state index in [1.807, 2.05) is 13.0 Å². The Kier molecular flexibility index (Phi) is 6.50. The third kappa shape index (κ3) is 5.39. The fourth-order valence-electron chi connectivity index (χ4n) is 1.39. The summed E-state index contributed by atoms with van der Waals surface area (Å²) in [6.07, 6.45) is 0. The summed E-state index contributed by atoms with van der Waals surface area (Å²) in [6.45, 7) is 3.49. The Morgan fingerprint density at radius 1 is 1.11 bits per heavy atom. The fraction of sp³-hybridized carbons (Fsp3) is 0.462. The van der Waals surface area contributed by atoms with Gasteiger partial charge in [-0.3, -0.25) is 0 Å². The second-order valence-electron chi connectivity index (χ2n) is 3.76. The summed E-state index contributed by atoms with van der Waals surface area (Å²) in [4.78, 5) is 0.208. The topological polar surface area (TPSA) is 76.4 Å². The van der Waals surface area contributed by atoms with Crippen molar-refractivity contribution in [2.45, 2.75) is 11.8 Å². The Morgan fingerprint density at radius 2 is 1.74 bits per heavy atom. The maximum absolute atomic E-state index is 11.9. The van der Waals surface area contributed by atoms with Crippen molar-refractivity contribution in [3.8, 4) is 6.07 Å². The highest BCUT2D eigenvalue weighted by Crippen LogP contribution is 2.12. The average molecular weight is 283 g/mol. The van der Waals surface area contributed by atoms with E-state index in [4.69, 9.17) is 14.7 Å². The number of ether oxygens (including phenoxy) is 2. The van der Waals surface area contributed by atoms with Crippen LogP contribution in [0.15, 0.2) is 29.2 Å². The van der Waals surface area contributed by atoms with E-state index in [2.05, 4.69) is 0 Å². The van der Waals surface area contributed by atoms with Gasteiger partial charge in [0.2, 0.25) is 0 Å². The van der Waals surface area contributed by atoms with Gasteiger partial charge in [0.05, 0.1) is 42.1 Å². The van der Waals surface area contributed by atoms with Crippen molar-refractivity contribution in [1.82, 2.24) is 0 Å². The Balaban J connectivity index is 2.45. The van der Waals surface area contributed by atoms with Gasteiger partial charge in [-0.05, 0) is 31.2 Å². The van der Waals surface area contributed by atoms with Crippen LogP contribution in [0.1, 0.15) is 12.5 Å². The molecule has 19 heavy (non-hydrogen) atoms. The van der Waals surface area contributed by atoms with Gasteiger partial charge in [0.1, 0.15) is 0 Å². The summed E-state index contributed by atoms with van der Waals surface area (Å²) in [6, 6.07) is 7.80. The van der Waals surface area contributed by atoms with Gasteiger partial charge in [-0.25, -0.2) is 8.42 Å². The summed E-state index contributed by atoms with van der Waals surface area (Å²) >= 11 is 0. The molecule has 1 aromatic carbocycles. The summed E-state index contributed by atoms with van der Waals surface area (Å²) in [5.41, 5.74) is 0.437. The molecule has 1 rings (SSSR count). The first-order chi connectivity index (χ1) is 9.10. The zero-order chi connectivity index (χ0) is 14.1. The first-order valence-electron chi connectivity index (χ1n) is 5.98. The third-order valence-corrected chi connectivity index (χ3v) is 4.11. The Hall–Kier alpha value is -1.42. The van der Waals surface area contributed by atoms with Gasteiger partial charge in [-0.1, -0.05) is 0 Å². The molecule has 5 nitrogen and oxygen atoms in total. The highest BCUT2D eigenvalue weighted by Gasteiger charge is 2.13. The van der Waals surface area contributed by atoms with Gasteiger partial charge in [0.25, 0.3) is 0 Å². The van der Waals surface area contributed by atoms with Crippen LogP contribution in [0.25, 0.3) is 0 Å². The molecule has 0 heterocycles. The lowest BCUT2D eigenvalue weighted by Crippen LogP contribution is -2.14. The normalized spacial score (nSPS) is 11.2. The molecule has 0 aliphatic heterocycles. The molecule has 0 radical (unpaired) electrons. The quantitative estimate of drug-likeness (QED) is 0.674. The Morgan fingerprint density at radius 3 is 2.32 bits per heavy atom. The van der Waals surface area contributed by atoms with Crippen molar-refractivity contribution in [3.05, 3.63) is 29.8 Å². The Labute approximate surface area is 113 Å². The van der Waals surface area contributed by atoms with Crippen molar-refractivity contribution in [2.75, 3.05) is 32.2 Å². The number of nitrogens with zero attached hydrogens (tertiary/aromatic N) is 1. The van der Waals surface area contributed by atoms with Gasteiger partial charge in [0.15, 0.2) is 9.84 Å². The minimum absolute atomic E-state index is 0.0783. The average Bonchev–Trinajstić information content (AvgIpc) is 2.43. The van der Waals surface area contributed by atoms with Gasteiger partial charge < -0.3 is 9.47 Å². The highest BCUT2D eigenvalue weighted by atomic mass is 32.2. The molecule has 1 aromatic rings. The smallest absolute Gasteiger partial charge is 0.180 e. The van der Waals surface area contributed by atoms with Gasteiger partial charge in [0, 0.05) is 6.61 Å². The molecule has 0 fully saturated rings. The van der Waals surface area contributed by atoms with E-state index in [9.17, 15) is 8.42 Å². The molecular weight excluding hydrogens is 266 g/mol. The molecule has 0 spiro atoms. The lowest BCUT2D eigenvalue weighted by Gasteiger charge is -2.06. The molecule has 0 aliphatic rings. The number of rotatable bonds is 8. The van der Waals surface area contributed by atoms with Crippen LogP contribution in [0.5, 0.6) is 0 Å². The van der Waals surface area contributed by atoms with E-state index >= 15 is 0 Å². The molecule has 0 unspecified atom stereocenters. The first kappa shape index (κ1) is 15.6. The number of sulfone groups is 1. The van der Waals surface area contributed by atoms with Crippen molar-refractivity contribution in [1.29, 1.82) is 5.26 Å². The van der Waals surface area contributed by atoms with Crippen LogP contribution in [0.4, 0.5) is 0 Å². The number of hydrogen-bond donors (Lipinski definition) is 0. The van der Waals surface area contributed by atoms with Crippen molar-refractivity contribution >= 4 is 9.84 Å². The third-order valence-electron chi connectivity index (χ3n) is 2.42. The van der Waals surface area contributed by atoms with Crippen LogP contribution in [0.2, 0.25) is 0 Å². The summed E-state index contributed by atoms with van der Waals surface area (Å²) < 4.78 is 34.1. The molecule has 0 saturated heterocycles. The van der Waals surface area contributed by atoms with E-state index in [-0.39, 0.29) is 17.3 Å².